The molecule has 0 aliphatic heterocycles. The summed E-state index contributed by atoms with van der Waals surface area (Å²) in [5, 5.41) is 10.2. The van der Waals surface area contributed by atoms with Crippen LogP contribution in [0.15, 0.2) is 18.2 Å². The molecule has 6 heteroatoms. The Balaban J connectivity index is 2.25. The van der Waals surface area contributed by atoms with Gasteiger partial charge in [-0.15, -0.1) is 0 Å². The second-order valence-corrected chi connectivity index (χ2v) is 14.8. The highest BCUT2D eigenvalue weighted by Gasteiger charge is 2.33. The lowest BCUT2D eigenvalue weighted by molar-refractivity contribution is 0.0392. The zero-order valence-electron chi connectivity index (χ0n) is 26.5. The number of rotatable bonds is 22. The maximum absolute atomic E-state index is 13.4. The Kier molecular flexibility index (Phi) is 17.9. The summed E-state index contributed by atoms with van der Waals surface area (Å²) in [4.78, 5) is 0. The third-order valence-corrected chi connectivity index (χ3v) is 8.61. The highest BCUT2D eigenvalue weighted by molar-refractivity contribution is 7.48. The first-order chi connectivity index (χ1) is 18.4. The number of aromatic hydroxyl groups is 1. The standard InChI is InChI=1S/C33H61O5P/c1-8-9-10-11-12-13-14-15-16-17-18-19-20-21-22-23-26-36-39(35,38-33(5,6)7)37-28-29-24-25-31(34)30(27-29)32(2,3)4/h24-25,27,34H,8-23,26,28H2,1-7H3. The average molecular weight is 569 g/mol. The van der Waals surface area contributed by atoms with Gasteiger partial charge < -0.3 is 5.11 Å². The van der Waals surface area contributed by atoms with E-state index in [1.807, 2.05) is 47.6 Å². The quantitative estimate of drug-likeness (QED) is 0.111. The number of phosphoric ester groups is 1. The number of phosphoric acid groups is 1. The van der Waals surface area contributed by atoms with E-state index in [-0.39, 0.29) is 17.8 Å². The Bertz CT molecular complexity index is 809. The Morgan fingerprint density at radius 2 is 1.15 bits per heavy atom. The molecule has 1 aromatic rings. The van der Waals surface area contributed by atoms with E-state index < -0.39 is 13.4 Å². The van der Waals surface area contributed by atoms with E-state index >= 15 is 0 Å². The summed E-state index contributed by atoms with van der Waals surface area (Å²) >= 11 is 0. The molecule has 0 spiro atoms. The van der Waals surface area contributed by atoms with E-state index in [0.717, 1.165) is 24.0 Å². The fourth-order valence-corrected chi connectivity index (χ4v) is 6.19. The van der Waals surface area contributed by atoms with Crippen molar-refractivity contribution >= 4 is 7.82 Å². The number of unbranched alkanes of at least 4 members (excludes halogenated alkanes) is 15. The second kappa shape index (κ2) is 19.3. The largest absolute Gasteiger partial charge is 0.508 e. The van der Waals surface area contributed by atoms with Crippen molar-refractivity contribution in [3.63, 3.8) is 0 Å². The molecule has 5 nitrogen and oxygen atoms in total. The van der Waals surface area contributed by atoms with Gasteiger partial charge in [0.15, 0.2) is 0 Å². The minimum atomic E-state index is -3.73. The predicted molar refractivity (Wildman–Crippen MR) is 166 cm³/mol. The summed E-state index contributed by atoms with van der Waals surface area (Å²) in [6.07, 6.45) is 20.9. The minimum Gasteiger partial charge on any atom is -0.508 e. The smallest absolute Gasteiger partial charge is 0.475 e. The third-order valence-electron chi connectivity index (χ3n) is 6.89. The lowest BCUT2D eigenvalue weighted by Gasteiger charge is -2.26. The predicted octanol–water partition coefficient (Wildman–Crippen LogP) is 11.4. The molecule has 0 heterocycles. The first kappa shape index (κ1) is 36.2. The van der Waals surface area contributed by atoms with Crippen LogP contribution in [0.1, 0.15) is 162 Å². The average Bonchev–Trinajstić information content (AvgIpc) is 2.83. The van der Waals surface area contributed by atoms with E-state index in [1.54, 1.807) is 12.1 Å². The van der Waals surface area contributed by atoms with Crippen LogP contribution in [-0.4, -0.2) is 17.3 Å². The zero-order valence-corrected chi connectivity index (χ0v) is 27.4. The molecule has 0 radical (unpaired) electrons. The Hall–Kier alpha value is -0.870. The van der Waals surface area contributed by atoms with Crippen LogP contribution < -0.4 is 0 Å². The molecular weight excluding hydrogens is 507 g/mol. The van der Waals surface area contributed by atoms with Crippen molar-refractivity contribution in [1.29, 1.82) is 0 Å². The van der Waals surface area contributed by atoms with Gasteiger partial charge in [-0.2, -0.15) is 0 Å². The molecule has 0 saturated heterocycles. The fraction of sp³-hybridized carbons (Fsp3) is 0.818. The van der Waals surface area contributed by atoms with E-state index in [1.165, 1.54) is 89.9 Å². The molecule has 1 aromatic carbocycles. The highest BCUT2D eigenvalue weighted by atomic mass is 31.2. The van der Waals surface area contributed by atoms with Crippen LogP contribution in [0.2, 0.25) is 0 Å². The number of hydrogen-bond acceptors (Lipinski definition) is 5. The van der Waals surface area contributed by atoms with E-state index in [2.05, 4.69) is 6.92 Å². The van der Waals surface area contributed by atoms with Crippen molar-refractivity contribution in [2.24, 2.45) is 0 Å². The Labute approximate surface area is 241 Å². The number of hydrogen-bond donors (Lipinski definition) is 1. The van der Waals surface area contributed by atoms with Gasteiger partial charge in [-0.05, 0) is 55.9 Å². The zero-order chi connectivity index (χ0) is 29.2. The summed E-state index contributed by atoms with van der Waals surface area (Å²) in [5.74, 6) is 0.250. The molecular formula is C33H61O5P. The molecule has 0 fully saturated rings. The molecule has 0 aromatic heterocycles. The van der Waals surface area contributed by atoms with Gasteiger partial charge in [0.05, 0.1) is 18.8 Å². The molecule has 0 saturated carbocycles. The highest BCUT2D eigenvalue weighted by Crippen LogP contribution is 2.53. The van der Waals surface area contributed by atoms with Crippen LogP contribution in [0, 0.1) is 0 Å². The summed E-state index contributed by atoms with van der Waals surface area (Å²) in [5.41, 5.74) is 0.774. The fourth-order valence-electron chi connectivity index (χ4n) is 4.68. The van der Waals surface area contributed by atoms with Gasteiger partial charge in [0.1, 0.15) is 5.75 Å². The maximum atomic E-state index is 13.4. The number of phenols is 1. The number of benzene rings is 1. The molecule has 0 aliphatic carbocycles. The molecule has 0 amide bonds. The summed E-state index contributed by atoms with van der Waals surface area (Å²) < 4.78 is 30.6. The molecule has 1 atom stereocenters. The van der Waals surface area contributed by atoms with Crippen molar-refractivity contribution in [3.8, 4) is 5.75 Å². The van der Waals surface area contributed by atoms with Gasteiger partial charge in [-0.1, -0.05) is 130 Å². The first-order valence-corrected chi connectivity index (χ1v) is 17.2. The van der Waals surface area contributed by atoms with E-state index in [0.29, 0.717) is 6.61 Å². The molecule has 228 valence electrons. The third kappa shape index (κ3) is 18.2. The van der Waals surface area contributed by atoms with Gasteiger partial charge in [0.2, 0.25) is 0 Å². The second-order valence-electron chi connectivity index (χ2n) is 13.2. The lowest BCUT2D eigenvalue weighted by atomic mass is 9.85. The lowest BCUT2D eigenvalue weighted by Crippen LogP contribution is -2.19. The molecule has 0 bridgehead atoms. The van der Waals surface area contributed by atoms with Crippen molar-refractivity contribution in [3.05, 3.63) is 29.3 Å². The molecule has 1 N–H and O–H groups in total. The van der Waals surface area contributed by atoms with Crippen LogP contribution in [0.4, 0.5) is 0 Å². The maximum Gasteiger partial charge on any atom is 0.475 e. The van der Waals surface area contributed by atoms with Crippen molar-refractivity contribution in [2.45, 2.75) is 169 Å². The summed E-state index contributed by atoms with van der Waals surface area (Å²) in [6, 6.07) is 5.33. The van der Waals surface area contributed by atoms with Gasteiger partial charge in [-0.25, -0.2) is 4.57 Å². The van der Waals surface area contributed by atoms with Crippen LogP contribution >= 0.6 is 7.82 Å². The van der Waals surface area contributed by atoms with Crippen LogP contribution in [-0.2, 0) is 30.2 Å². The van der Waals surface area contributed by atoms with Gasteiger partial charge in [0.25, 0.3) is 0 Å². The Morgan fingerprint density at radius 3 is 1.59 bits per heavy atom. The Morgan fingerprint density at radius 1 is 0.692 bits per heavy atom. The monoisotopic (exact) mass is 568 g/mol. The van der Waals surface area contributed by atoms with Crippen molar-refractivity contribution in [1.82, 2.24) is 0 Å². The van der Waals surface area contributed by atoms with Gasteiger partial charge in [0, 0.05) is 0 Å². The first-order valence-electron chi connectivity index (χ1n) is 15.8. The molecule has 1 unspecified atom stereocenters. The summed E-state index contributed by atoms with van der Waals surface area (Å²) in [7, 11) is -3.73. The van der Waals surface area contributed by atoms with Crippen LogP contribution in [0.25, 0.3) is 0 Å². The van der Waals surface area contributed by atoms with E-state index in [4.69, 9.17) is 13.6 Å². The summed E-state index contributed by atoms with van der Waals surface area (Å²) in [6.45, 7) is 14.4. The van der Waals surface area contributed by atoms with Crippen LogP contribution in [0.3, 0.4) is 0 Å². The van der Waals surface area contributed by atoms with Crippen LogP contribution in [0.5, 0.6) is 5.75 Å². The van der Waals surface area contributed by atoms with E-state index in [9.17, 15) is 9.67 Å². The normalized spacial score (nSPS) is 14.0. The molecule has 39 heavy (non-hydrogen) atoms. The molecule has 1 rings (SSSR count). The van der Waals surface area contributed by atoms with Gasteiger partial charge in [-0.3, -0.25) is 13.6 Å². The van der Waals surface area contributed by atoms with Crippen molar-refractivity contribution < 1.29 is 23.2 Å². The molecule has 0 aliphatic rings. The van der Waals surface area contributed by atoms with Crippen molar-refractivity contribution in [2.75, 3.05) is 6.61 Å². The minimum absolute atomic E-state index is 0.0929. The SMILES string of the molecule is CCCCCCCCCCCCCCCCCCOP(=O)(OCc1ccc(O)c(C(C)(C)C)c1)OC(C)(C)C. The topological polar surface area (TPSA) is 65.0 Å². The number of phenolic OH excluding ortho intramolecular Hbond substituents is 1. The van der Waals surface area contributed by atoms with Gasteiger partial charge >= 0.3 is 7.82 Å².